The summed E-state index contributed by atoms with van der Waals surface area (Å²) in [4.78, 5) is 12.1. The monoisotopic (exact) mass is 263 g/mol. The molecule has 2 rings (SSSR count). The molecule has 0 aliphatic rings. The zero-order chi connectivity index (χ0) is 13.9. The average Bonchev–Trinajstić information content (AvgIpc) is 2.47. The molecule has 2 aromatic heterocycles. The quantitative estimate of drug-likeness (QED) is 0.908. The van der Waals surface area contributed by atoms with Crippen molar-refractivity contribution in [1.29, 1.82) is 0 Å². The topological polar surface area (TPSA) is 68.1 Å². The van der Waals surface area contributed by atoms with Crippen LogP contribution in [0.5, 0.6) is 5.88 Å². The predicted octanol–water partition coefficient (Wildman–Crippen LogP) is 1.67. The second-order valence-corrected chi connectivity index (χ2v) is 3.99. The molecule has 0 aromatic carbocycles. The molecule has 2 aromatic rings. The van der Waals surface area contributed by atoms with Crippen LogP contribution in [0.3, 0.4) is 0 Å². The molecule has 1 N–H and O–H groups in total. The molecule has 0 fully saturated rings. The molecule has 5 nitrogen and oxygen atoms in total. The van der Waals surface area contributed by atoms with Gasteiger partial charge in [0.25, 0.3) is 0 Å². The summed E-state index contributed by atoms with van der Waals surface area (Å²) >= 11 is 0. The van der Waals surface area contributed by atoms with Gasteiger partial charge in [0.05, 0.1) is 19.0 Å². The van der Waals surface area contributed by atoms with E-state index in [0.29, 0.717) is 12.1 Å². The molecule has 0 saturated carbocycles. The second kappa shape index (κ2) is 5.27. The maximum atomic E-state index is 12.9. The molecule has 1 unspecified atom stereocenters. The van der Waals surface area contributed by atoms with Gasteiger partial charge in [-0.3, -0.25) is 9.97 Å². The molecule has 19 heavy (non-hydrogen) atoms. The molecule has 0 amide bonds. The third-order valence-electron chi connectivity index (χ3n) is 2.91. The fourth-order valence-electron chi connectivity index (χ4n) is 1.85. The SMILES string of the molecule is CCC(O)(c1ccc(F)cn1)c1nccnc1OC. The number of nitrogens with zero attached hydrogens (tertiary/aromatic N) is 3. The van der Waals surface area contributed by atoms with Gasteiger partial charge in [-0.05, 0) is 18.6 Å². The van der Waals surface area contributed by atoms with Crippen LogP contribution < -0.4 is 4.74 Å². The minimum atomic E-state index is -1.46. The Hall–Kier alpha value is -2.08. The predicted molar refractivity (Wildman–Crippen MR) is 66.1 cm³/mol. The van der Waals surface area contributed by atoms with Crippen LogP contribution >= 0.6 is 0 Å². The number of rotatable bonds is 4. The van der Waals surface area contributed by atoms with Gasteiger partial charge in [-0.2, -0.15) is 0 Å². The maximum Gasteiger partial charge on any atom is 0.238 e. The van der Waals surface area contributed by atoms with E-state index in [-0.39, 0.29) is 11.6 Å². The Labute approximate surface area is 110 Å². The van der Waals surface area contributed by atoms with Crippen LogP contribution in [-0.4, -0.2) is 27.2 Å². The van der Waals surface area contributed by atoms with Gasteiger partial charge in [0.2, 0.25) is 5.88 Å². The lowest BCUT2D eigenvalue weighted by molar-refractivity contribution is 0.0634. The fourth-order valence-corrected chi connectivity index (χ4v) is 1.85. The number of hydrogen-bond donors (Lipinski definition) is 1. The molecule has 0 bridgehead atoms. The molecule has 0 aliphatic carbocycles. The highest BCUT2D eigenvalue weighted by molar-refractivity contribution is 5.33. The molecule has 2 heterocycles. The number of hydrogen-bond acceptors (Lipinski definition) is 5. The number of halogens is 1. The molecule has 0 spiro atoms. The maximum absolute atomic E-state index is 12.9. The first-order chi connectivity index (χ1) is 9.11. The molecular weight excluding hydrogens is 249 g/mol. The van der Waals surface area contributed by atoms with E-state index in [2.05, 4.69) is 15.0 Å². The number of methoxy groups -OCH3 is 1. The lowest BCUT2D eigenvalue weighted by Crippen LogP contribution is -2.29. The molecule has 1 atom stereocenters. The van der Waals surface area contributed by atoms with Gasteiger partial charge >= 0.3 is 0 Å². The van der Waals surface area contributed by atoms with Crippen molar-refractivity contribution in [2.75, 3.05) is 7.11 Å². The minimum absolute atomic E-state index is 0.220. The van der Waals surface area contributed by atoms with Crippen molar-refractivity contribution in [2.45, 2.75) is 18.9 Å². The first kappa shape index (κ1) is 13.4. The van der Waals surface area contributed by atoms with Gasteiger partial charge < -0.3 is 9.84 Å². The Morgan fingerprint density at radius 3 is 2.58 bits per heavy atom. The van der Waals surface area contributed by atoms with Crippen LogP contribution in [0.2, 0.25) is 0 Å². The van der Waals surface area contributed by atoms with E-state index in [1.807, 2.05) is 0 Å². The van der Waals surface area contributed by atoms with Crippen LogP contribution in [0.4, 0.5) is 4.39 Å². The van der Waals surface area contributed by atoms with Crippen LogP contribution in [0.1, 0.15) is 24.7 Å². The third kappa shape index (κ3) is 2.39. The van der Waals surface area contributed by atoms with E-state index in [0.717, 1.165) is 6.20 Å². The van der Waals surface area contributed by atoms with Gasteiger partial charge in [-0.15, -0.1) is 0 Å². The number of aromatic nitrogens is 3. The van der Waals surface area contributed by atoms with Gasteiger partial charge in [0.15, 0.2) is 5.60 Å². The van der Waals surface area contributed by atoms with Crippen molar-refractivity contribution in [1.82, 2.24) is 15.0 Å². The van der Waals surface area contributed by atoms with E-state index < -0.39 is 11.4 Å². The Morgan fingerprint density at radius 2 is 2.00 bits per heavy atom. The smallest absolute Gasteiger partial charge is 0.238 e. The Balaban J connectivity index is 2.56. The average molecular weight is 263 g/mol. The fraction of sp³-hybridized carbons (Fsp3) is 0.308. The summed E-state index contributed by atoms with van der Waals surface area (Å²) in [7, 11) is 1.45. The Morgan fingerprint density at radius 1 is 1.26 bits per heavy atom. The molecule has 0 saturated heterocycles. The highest BCUT2D eigenvalue weighted by Crippen LogP contribution is 2.34. The first-order valence-electron chi connectivity index (χ1n) is 5.81. The van der Waals surface area contributed by atoms with Crippen molar-refractivity contribution >= 4 is 0 Å². The normalized spacial score (nSPS) is 13.9. The molecule has 0 radical (unpaired) electrons. The van der Waals surface area contributed by atoms with Crippen LogP contribution in [0, 0.1) is 5.82 Å². The van der Waals surface area contributed by atoms with E-state index >= 15 is 0 Å². The lowest BCUT2D eigenvalue weighted by atomic mass is 9.91. The largest absolute Gasteiger partial charge is 0.480 e. The summed E-state index contributed by atoms with van der Waals surface area (Å²) in [5, 5.41) is 10.8. The van der Waals surface area contributed by atoms with Gasteiger partial charge in [-0.1, -0.05) is 6.92 Å². The first-order valence-corrected chi connectivity index (χ1v) is 5.81. The van der Waals surface area contributed by atoms with Gasteiger partial charge in [0.1, 0.15) is 11.5 Å². The van der Waals surface area contributed by atoms with E-state index in [4.69, 9.17) is 4.74 Å². The molecule has 0 aliphatic heterocycles. The molecule has 6 heteroatoms. The number of aliphatic hydroxyl groups is 1. The van der Waals surface area contributed by atoms with Crippen molar-refractivity contribution in [3.63, 3.8) is 0 Å². The zero-order valence-electron chi connectivity index (χ0n) is 10.7. The van der Waals surface area contributed by atoms with Crippen molar-refractivity contribution in [3.05, 3.63) is 47.9 Å². The van der Waals surface area contributed by atoms with E-state index in [1.165, 1.54) is 31.6 Å². The summed E-state index contributed by atoms with van der Waals surface area (Å²) < 4.78 is 18.0. The standard InChI is InChI=1S/C13H14FN3O2/c1-3-13(18,10-5-4-9(14)8-17-10)11-12(19-2)16-7-6-15-11/h4-8,18H,3H2,1-2H3. The Kier molecular flexibility index (Phi) is 3.71. The summed E-state index contributed by atoms with van der Waals surface area (Å²) in [6.45, 7) is 1.78. The summed E-state index contributed by atoms with van der Waals surface area (Å²) in [6, 6.07) is 2.67. The van der Waals surface area contributed by atoms with E-state index in [1.54, 1.807) is 6.92 Å². The van der Waals surface area contributed by atoms with Crippen molar-refractivity contribution in [2.24, 2.45) is 0 Å². The number of ether oxygens (including phenoxy) is 1. The van der Waals surface area contributed by atoms with Crippen LogP contribution in [-0.2, 0) is 5.60 Å². The summed E-state index contributed by atoms with van der Waals surface area (Å²) in [5.74, 6) is -0.244. The van der Waals surface area contributed by atoms with Gasteiger partial charge in [-0.25, -0.2) is 9.37 Å². The third-order valence-corrected chi connectivity index (χ3v) is 2.91. The van der Waals surface area contributed by atoms with Crippen LogP contribution in [0.15, 0.2) is 30.7 Å². The van der Waals surface area contributed by atoms with Crippen molar-refractivity contribution < 1.29 is 14.2 Å². The Bertz CT molecular complexity index is 562. The lowest BCUT2D eigenvalue weighted by Gasteiger charge is -2.26. The summed E-state index contributed by atoms with van der Waals surface area (Å²) in [5.41, 5.74) is -0.901. The van der Waals surface area contributed by atoms with Crippen LogP contribution in [0.25, 0.3) is 0 Å². The summed E-state index contributed by atoms with van der Waals surface area (Å²) in [6.07, 6.45) is 4.29. The molecular formula is C13H14FN3O2. The van der Waals surface area contributed by atoms with E-state index in [9.17, 15) is 9.50 Å². The highest BCUT2D eigenvalue weighted by Gasteiger charge is 2.36. The number of pyridine rings is 1. The zero-order valence-corrected chi connectivity index (χ0v) is 10.7. The minimum Gasteiger partial charge on any atom is -0.480 e. The van der Waals surface area contributed by atoms with Crippen molar-refractivity contribution in [3.8, 4) is 5.88 Å². The second-order valence-electron chi connectivity index (χ2n) is 3.99. The molecule has 100 valence electrons. The highest BCUT2D eigenvalue weighted by atomic mass is 19.1. The van der Waals surface area contributed by atoms with Gasteiger partial charge in [0, 0.05) is 12.4 Å².